The van der Waals surface area contributed by atoms with Gasteiger partial charge in [0.15, 0.2) is 0 Å². The Bertz CT molecular complexity index is 741. The van der Waals surface area contributed by atoms with Crippen molar-refractivity contribution in [3.05, 3.63) is 29.8 Å². The summed E-state index contributed by atoms with van der Waals surface area (Å²) in [7, 11) is -3.71. The lowest BCUT2D eigenvalue weighted by Crippen LogP contribution is -2.33. The van der Waals surface area contributed by atoms with Crippen molar-refractivity contribution in [2.75, 3.05) is 16.6 Å². The predicted molar refractivity (Wildman–Crippen MR) is 93.4 cm³/mol. The van der Waals surface area contributed by atoms with E-state index in [1.807, 2.05) is 0 Å². The quantitative estimate of drug-likeness (QED) is 0.796. The van der Waals surface area contributed by atoms with Gasteiger partial charge in [-0.15, -0.1) is 0 Å². The Hall–Kier alpha value is -1.89. The van der Waals surface area contributed by atoms with E-state index in [1.54, 1.807) is 26.0 Å². The zero-order valence-corrected chi connectivity index (χ0v) is 15.1. The van der Waals surface area contributed by atoms with Gasteiger partial charge in [-0.25, -0.2) is 12.7 Å². The molecule has 1 aromatic rings. The molecule has 0 saturated carbocycles. The monoisotopic (exact) mass is 352 g/mol. The summed E-state index contributed by atoms with van der Waals surface area (Å²) in [6, 6.07) is 6.18. The molecule has 0 atom stereocenters. The Morgan fingerprint density at radius 3 is 2.58 bits per heavy atom. The number of hydrogen-bond donors (Lipinski definition) is 1. The molecule has 1 N–H and O–H groups in total. The first-order chi connectivity index (χ1) is 11.2. The van der Waals surface area contributed by atoms with Crippen molar-refractivity contribution >= 4 is 27.5 Å². The second kappa shape index (κ2) is 6.93. The van der Waals surface area contributed by atoms with Crippen LogP contribution in [-0.4, -0.2) is 32.5 Å². The van der Waals surface area contributed by atoms with Crippen LogP contribution in [0.15, 0.2) is 24.3 Å². The maximum absolute atomic E-state index is 12.4. The fraction of sp³-hybridized carbons (Fsp3) is 0.529. The number of carbonyl (C=O) groups excluding carboxylic acids is 2. The number of carbonyl (C=O) groups is 2. The van der Waals surface area contributed by atoms with E-state index in [2.05, 4.69) is 12.2 Å². The van der Waals surface area contributed by atoms with Crippen LogP contribution >= 0.6 is 0 Å². The molecule has 1 aromatic carbocycles. The zero-order chi connectivity index (χ0) is 18.0. The van der Waals surface area contributed by atoms with Crippen molar-refractivity contribution in [1.29, 1.82) is 0 Å². The van der Waals surface area contributed by atoms with Crippen LogP contribution in [0.3, 0.4) is 0 Å². The maximum atomic E-state index is 12.4. The number of amides is 2. The number of hydrogen-bond acceptors (Lipinski definition) is 4. The molecule has 1 heterocycles. The molecule has 0 aliphatic carbocycles. The minimum atomic E-state index is -3.71. The number of nitrogens with one attached hydrogen (secondary N) is 1. The molecule has 0 radical (unpaired) electrons. The number of nitrogens with zero attached hydrogens (tertiary/aromatic N) is 1. The molecule has 7 heteroatoms. The Balaban J connectivity index is 2.22. The van der Waals surface area contributed by atoms with Gasteiger partial charge in [0.1, 0.15) is 0 Å². The lowest BCUT2D eigenvalue weighted by Gasteiger charge is -2.18. The highest BCUT2D eigenvalue weighted by molar-refractivity contribution is 7.94. The fourth-order valence-corrected chi connectivity index (χ4v) is 4.81. The third-order valence-corrected chi connectivity index (χ3v) is 6.01. The summed E-state index contributed by atoms with van der Waals surface area (Å²) in [6.07, 6.45) is 3.00. The molecule has 24 heavy (non-hydrogen) atoms. The lowest BCUT2D eigenvalue weighted by atomic mass is 9.95. The molecule has 1 fully saturated rings. The Labute approximate surface area is 143 Å². The van der Waals surface area contributed by atoms with Crippen molar-refractivity contribution in [3.8, 4) is 0 Å². The highest BCUT2D eigenvalue weighted by Crippen LogP contribution is 2.35. The van der Waals surface area contributed by atoms with Crippen molar-refractivity contribution < 1.29 is 18.0 Å². The van der Waals surface area contributed by atoms with Gasteiger partial charge in [0, 0.05) is 12.1 Å². The van der Waals surface area contributed by atoms with E-state index < -0.39 is 21.3 Å². The highest BCUT2D eigenvalue weighted by atomic mass is 32.2. The number of sulfonamides is 1. The van der Waals surface area contributed by atoms with Crippen molar-refractivity contribution in [2.45, 2.75) is 40.0 Å². The number of rotatable bonds is 6. The standard InChI is InChI=1S/C17H24N2O4S/c1-4-5-6-10-18-15(20)13-8-7-9-14(11-13)19-16(21)17(2,3)12-24(19,22)23/h7-9,11H,4-6,10,12H2,1-3H3,(H,18,20). The summed E-state index contributed by atoms with van der Waals surface area (Å²) < 4.78 is 25.5. The van der Waals surface area contributed by atoms with Gasteiger partial charge in [-0.1, -0.05) is 25.8 Å². The van der Waals surface area contributed by atoms with Crippen molar-refractivity contribution in [1.82, 2.24) is 5.32 Å². The number of benzene rings is 1. The summed E-state index contributed by atoms with van der Waals surface area (Å²) >= 11 is 0. The van der Waals surface area contributed by atoms with E-state index in [0.29, 0.717) is 12.1 Å². The van der Waals surface area contributed by atoms with Gasteiger partial charge < -0.3 is 5.32 Å². The second-order valence-corrected chi connectivity index (χ2v) is 8.54. The lowest BCUT2D eigenvalue weighted by molar-refractivity contribution is -0.123. The molecular weight excluding hydrogens is 328 g/mol. The molecule has 6 nitrogen and oxygen atoms in total. The van der Waals surface area contributed by atoms with Crippen LogP contribution in [0, 0.1) is 5.41 Å². The van der Waals surface area contributed by atoms with Gasteiger partial charge in [0.05, 0.1) is 16.9 Å². The van der Waals surface area contributed by atoms with Gasteiger partial charge in [-0.3, -0.25) is 9.59 Å². The second-order valence-electron chi connectivity index (χ2n) is 6.72. The first kappa shape index (κ1) is 18.4. The molecule has 132 valence electrons. The molecule has 0 bridgehead atoms. The van der Waals surface area contributed by atoms with Crippen molar-refractivity contribution in [2.24, 2.45) is 5.41 Å². The van der Waals surface area contributed by atoms with Crippen LogP contribution < -0.4 is 9.62 Å². The first-order valence-electron chi connectivity index (χ1n) is 8.15. The molecule has 2 rings (SSSR count). The predicted octanol–water partition coefficient (Wildman–Crippen LogP) is 2.31. The van der Waals surface area contributed by atoms with Crippen LogP contribution in [0.4, 0.5) is 5.69 Å². The molecule has 0 unspecified atom stereocenters. The summed E-state index contributed by atoms with van der Waals surface area (Å²) in [5.74, 6) is -0.967. The molecule has 0 spiro atoms. The van der Waals surface area contributed by atoms with E-state index >= 15 is 0 Å². The van der Waals surface area contributed by atoms with Gasteiger partial charge in [-0.05, 0) is 38.5 Å². The van der Waals surface area contributed by atoms with Crippen molar-refractivity contribution in [3.63, 3.8) is 0 Å². The summed E-state index contributed by atoms with van der Waals surface area (Å²) in [6.45, 7) is 5.87. The van der Waals surface area contributed by atoms with E-state index in [4.69, 9.17) is 0 Å². The summed E-state index contributed by atoms with van der Waals surface area (Å²) in [4.78, 5) is 24.6. The van der Waals surface area contributed by atoms with Crippen LogP contribution in [0.5, 0.6) is 0 Å². The summed E-state index contributed by atoms with van der Waals surface area (Å²) in [5, 5.41) is 2.81. The minimum absolute atomic E-state index is 0.215. The van der Waals surface area contributed by atoms with E-state index in [-0.39, 0.29) is 17.3 Å². The smallest absolute Gasteiger partial charge is 0.251 e. The molecule has 1 saturated heterocycles. The van der Waals surface area contributed by atoms with Gasteiger partial charge >= 0.3 is 0 Å². The average molecular weight is 352 g/mol. The number of unbranched alkanes of at least 4 members (excludes halogenated alkanes) is 2. The Kier molecular flexibility index (Phi) is 5.32. The van der Waals surface area contributed by atoms with Gasteiger partial charge in [0.2, 0.25) is 15.9 Å². The molecular formula is C17H24N2O4S. The molecule has 0 aromatic heterocycles. The Morgan fingerprint density at radius 1 is 1.29 bits per heavy atom. The van der Waals surface area contributed by atoms with Gasteiger partial charge in [-0.2, -0.15) is 0 Å². The third kappa shape index (κ3) is 3.77. The Morgan fingerprint density at radius 2 is 2.00 bits per heavy atom. The third-order valence-electron chi connectivity index (χ3n) is 3.99. The molecule has 1 aliphatic heterocycles. The first-order valence-corrected chi connectivity index (χ1v) is 9.75. The number of anilines is 1. The van der Waals surface area contributed by atoms with E-state index in [9.17, 15) is 18.0 Å². The van der Waals surface area contributed by atoms with E-state index in [0.717, 1.165) is 23.6 Å². The molecule has 2 amide bonds. The largest absolute Gasteiger partial charge is 0.352 e. The minimum Gasteiger partial charge on any atom is -0.352 e. The average Bonchev–Trinajstić information content (AvgIpc) is 2.67. The normalized spacial score (nSPS) is 18.6. The van der Waals surface area contributed by atoms with Crippen LogP contribution in [0.2, 0.25) is 0 Å². The van der Waals surface area contributed by atoms with Gasteiger partial charge in [0.25, 0.3) is 5.91 Å². The van der Waals surface area contributed by atoms with E-state index in [1.165, 1.54) is 12.1 Å². The highest BCUT2D eigenvalue weighted by Gasteiger charge is 2.49. The van der Waals surface area contributed by atoms with Crippen LogP contribution in [-0.2, 0) is 14.8 Å². The maximum Gasteiger partial charge on any atom is 0.251 e. The van der Waals surface area contributed by atoms with Crippen LogP contribution in [0.25, 0.3) is 0 Å². The molecule has 1 aliphatic rings. The summed E-state index contributed by atoms with van der Waals surface area (Å²) in [5.41, 5.74) is -0.402. The topological polar surface area (TPSA) is 83.6 Å². The van der Waals surface area contributed by atoms with Crippen LogP contribution in [0.1, 0.15) is 50.4 Å². The zero-order valence-electron chi connectivity index (χ0n) is 14.3. The fourth-order valence-electron chi connectivity index (χ4n) is 2.71. The SMILES string of the molecule is CCCCCNC(=O)c1cccc(N2C(=O)C(C)(C)CS2(=O)=O)c1.